The molecular weight excluding hydrogens is 523 g/mol. The second-order valence-corrected chi connectivity index (χ2v) is 11.8. The summed E-state index contributed by atoms with van der Waals surface area (Å²) < 4.78 is 19.1. The van der Waals surface area contributed by atoms with E-state index < -0.39 is 12.4 Å². The number of rotatable bonds is 7. The van der Waals surface area contributed by atoms with Gasteiger partial charge in [-0.05, 0) is 73.1 Å². The summed E-state index contributed by atoms with van der Waals surface area (Å²) in [6.07, 6.45) is 3.35. The zero-order chi connectivity index (χ0) is 29.1. The lowest BCUT2D eigenvalue weighted by Crippen LogP contribution is -2.41. The standard InChI is InChI=1S/C31H35FN6O3/c1-5-38-18(2)8-28(35-38)33-16-21-9-20(15-34-29(21)40)23-11-22(32)12-25(24(23)17-39)37-7-6-36-26(30(37)41)10-19-13-31(3,4)14-27(19)36/h8-12,15,39H,5-7,13-14,16-17H2,1-4H3,(H,33,35)(H,34,40). The second kappa shape index (κ2) is 10.0. The lowest BCUT2D eigenvalue weighted by molar-refractivity contribution is 0.0963. The highest BCUT2D eigenvalue weighted by Crippen LogP contribution is 2.40. The van der Waals surface area contributed by atoms with Gasteiger partial charge in [-0.25, -0.2) is 4.39 Å². The van der Waals surface area contributed by atoms with Crippen LogP contribution in [-0.2, 0) is 39.1 Å². The van der Waals surface area contributed by atoms with Gasteiger partial charge in [-0.1, -0.05) is 13.8 Å². The number of aromatic amines is 1. The smallest absolute Gasteiger partial charge is 0.274 e. The Morgan fingerprint density at radius 2 is 1.93 bits per heavy atom. The number of aromatic nitrogens is 4. The van der Waals surface area contributed by atoms with Gasteiger partial charge in [0.15, 0.2) is 0 Å². The number of nitrogens with zero attached hydrogens (tertiary/aromatic N) is 4. The molecule has 0 atom stereocenters. The molecule has 4 heterocycles. The van der Waals surface area contributed by atoms with Crippen LogP contribution in [0.3, 0.4) is 0 Å². The van der Waals surface area contributed by atoms with Gasteiger partial charge in [-0.15, -0.1) is 0 Å². The number of pyridine rings is 1. The van der Waals surface area contributed by atoms with E-state index in [-0.39, 0.29) is 23.4 Å². The molecule has 3 N–H and O–H groups in total. The van der Waals surface area contributed by atoms with Gasteiger partial charge in [0.05, 0.1) is 12.3 Å². The number of benzene rings is 1. The fraction of sp³-hybridized carbons (Fsp3) is 0.387. The minimum absolute atomic E-state index is 0.176. The van der Waals surface area contributed by atoms with Crippen LogP contribution in [0.2, 0.25) is 0 Å². The maximum absolute atomic E-state index is 15.1. The fourth-order valence-corrected chi connectivity index (χ4v) is 6.35. The van der Waals surface area contributed by atoms with E-state index in [0.717, 1.165) is 25.1 Å². The molecule has 0 radical (unpaired) electrons. The predicted molar refractivity (Wildman–Crippen MR) is 156 cm³/mol. The Morgan fingerprint density at radius 3 is 2.66 bits per heavy atom. The van der Waals surface area contributed by atoms with Crippen LogP contribution in [0.4, 0.5) is 15.9 Å². The van der Waals surface area contributed by atoms with Crippen LogP contribution >= 0.6 is 0 Å². The molecule has 0 saturated heterocycles. The zero-order valence-electron chi connectivity index (χ0n) is 23.8. The third-order valence-electron chi connectivity index (χ3n) is 8.30. The maximum atomic E-state index is 15.1. The SMILES string of the molecule is CCn1nc(NCc2cc(-c3cc(F)cc(N4CCn5c(cc6c5CC(C)(C)C6)C4=O)c3CO)c[nH]c2=O)cc1C. The minimum Gasteiger partial charge on any atom is -0.392 e. The van der Waals surface area contributed by atoms with Gasteiger partial charge in [-0.2, -0.15) is 5.10 Å². The van der Waals surface area contributed by atoms with Crippen molar-refractivity contribution >= 4 is 17.4 Å². The Morgan fingerprint density at radius 1 is 1.12 bits per heavy atom. The van der Waals surface area contributed by atoms with Crippen molar-refractivity contribution in [3.8, 4) is 11.1 Å². The van der Waals surface area contributed by atoms with E-state index in [1.807, 2.05) is 30.7 Å². The summed E-state index contributed by atoms with van der Waals surface area (Å²) in [7, 11) is 0. The van der Waals surface area contributed by atoms with Crippen LogP contribution in [-0.4, -0.2) is 36.9 Å². The molecule has 0 saturated carbocycles. The Balaban J connectivity index is 1.33. The van der Waals surface area contributed by atoms with E-state index in [9.17, 15) is 14.7 Å². The first kappa shape index (κ1) is 27.0. The molecular formula is C31H35FN6O3. The van der Waals surface area contributed by atoms with E-state index in [2.05, 4.69) is 33.8 Å². The van der Waals surface area contributed by atoms with Gasteiger partial charge in [0, 0.05) is 61.0 Å². The van der Waals surface area contributed by atoms with Crippen molar-refractivity contribution in [3.63, 3.8) is 0 Å². The quantitative estimate of drug-likeness (QED) is 0.312. The van der Waals surface area contributed by atoms with Crippen LogP contribution < -0.4 is 15.8 Å². The summed E-state index contributed by atoms with van der Waals surface area (Å²) in [6, 6.07) is 8.21. The van der Waals surface area contributed by atoms with Gasteiger partial charge < -0.3 is 24.9 Å². The number of fused-ring (bicyclic) bond motifs is 3. The lowest BCUT2D eigenvalue weighted by atomic mass is 9.90. The molecule has 10 heteroatoms. The monoisotopic (exact) mass is 558 g/mol. The number of hydrogen-bond acceptors (Lipinski definition) is 5. The molecule has 4 aromatic rings. The summed E-state index contributed by atoms with van der Waals surface area (Å²) in [5, 5.41) is 18.1. The highest BCUT2D eigenvalue weighted by Gasteiger charge is 2.37. The Hall–Kier alpha value is -4.18. The topological polar surface area (TPSA) is 108 Å². The van der Waals surface area contributed by atoms with E-state index in [0.29, 0.717) is 52.5 Å². The third-order valence-corrected chi connectivity index (χ3v) is 8.30. The molecule has 0 fully saturated rings. The van der Waals surface area contributed by atoms with Gasteiger partial charge in [0.1, 0.15) is 17.3 Å². The number of nitrogens with one attached hydrogen (secondary N) is 2. The maximum Gasteiger partial charge on any atom is 0.274 e. The van der Waals surface area contributed by atoms with E-state index >= 15 is 4.39 Å². The van der Waals surface area contributed by atoms with Gasteiger partial charge in [0.25, 0.3) is 11.5 Å². The third kappa shape index (κ3) is 4.76. The summed E-state index contributed by atoms with van der Waals surface area (Å²) in [4.78, 5) is 30.7. The molecule has 6 rings (SSSR count). The molecule has 0 spiro atoms. The first-order valence-corrected chi connectivity index (χ1v) is 14.0. The first-order valence-electron chi connectivity index (χ1n) is 14.0. The highest BCUT2D eigenvalue weighted by molar-refractivity contribution is 6.07. The van der Waals surface area contributed by atoms with Crippen molar-refractivity contribution < 1.29 is 14.3 Å². The van der Waals surface area contributed by atoms with Crippen molar-refractivity contribution in [2.45, 2.75) is 66.8 Å². The van der Waals surface area contributed by atoms with Crippen LogP contribution in [0, 0.1) is 18.2 Å². The number of aliphatic hydroxyl groups excluding tert-OH is 1. The zero-order valence-corrected chi connectivity index (χ0v) is 23.8. The number of aliphatic hydroxyl groups is 1. The molecule has 41 heavy (non-hydrogen) atoms. The number of carbonyl (C=O) groups excluding carboxylic acids is 1. The van der Waals surface area contributed by atoms with Gasteiger partial charge in [-0.3, -0.25) is 14.3 Å². The molecule has 1 aliphatic carbocycles. The summed E-state index contributed by atoms with van der Waals surface area (Å²) >= 11 is 0. The summed E-state index contributed by atoms with van der Waals surface area (Å²) in [6.45, 7) is 9.95. The van der Waals surface area contributed by atoms with Gasteiger partial charge in [0.2, 0.25) is 0 Å². The number of anilines is 2. The molecule has 0 bridgehead atoms. The molecule has 2 aliphatic rings. The van der Waals surface area contributed by atoms with Crippen LogP contribution in [0.25, 0.3) is 11.1 Å². The number of amides is 1. The molecule has 214 valence electrons. The fourth-order valence-electron chi connectivity index (χ4n) is 6.35. The van der Waals surface area contributed by atoms with E-state index in [1.54, 1.807) is 11.0 Å². The molecule has 3 aromatic heterocycles. The summed E-state index contributed by atoms with van der Waals surface area (Å²) in [5.74, 6) is -0.0827. The average Bonchev–Trinajstić information content (AvgIpc) is 3.56. The van der Waals surface area contributed by atoms with Gasteiger partial charge >= 0.3 is 0 Å². The van der Waals surface area contributed by atoms with Crippen LogP contribution in [0.5, 0.6) is 0 Å². The van der Waals surface area contributed by atoms with Crippen molar-refractivity contribution in [3.05, 3.63) is 86.5 Å². The number of H-pyrrole nitrogens is 1. The molecule has 1 amide bonds. The van der Waals surface area contributed by atoms with Crippen LogP contribution in [0.15, 0.2) is 41.3 Å². The summed E-state index contributed by atoms with van der Waals surface area (Å²) in [5.41, 5.74) is 6.08. The van der Waals surface area contributed by atoms with E-state index in [1.165, 1.54) is 29.6 Å². The Labute approximate surface area is 237 Å². The highest BCUT2D eigenvalue weighted by atomic mass is 19.1. The van der Waals surface area contributed by atoms with Crippen molar-refractivity contribution in [1.29, 1.82) is 0 Å². The lowest BCUT2D eigenvalue weighted by Gasteiger charge is -2.32. The predicted octanol–water partition coefficient (Wildman–Crippen LogP) is 4.40. The average molecular weight is 559 g/mol. The Kier molecular flexibility index (Phi) is 6.60. The molecule has 9 nitrogen and oxygen atoms in total. The Bertz CT molecular complexity index is 1730. The second-order valence-electron chi connectivity index (χ2n) is 11.8. The molecule has 0 unspecified atom stereocenters. The first-order chi connectivity index (χ1) is 19.6. The van der Waals surface area contributed by atoms with E-state index in [4.69, 9.17) is 0 Å². The van der Waals surface area contributed by atoms with Crippen molar-refractivity contribution in [2.24, 2.45) is 5.41 Å². The van der Waals surface area contributed by atoms with Crippen molar-refractivity contribution in [2.75, 3.05) is 16.8 Å². The molecule has 1 aromatic carbocycles. The minimum atomic E-state index is -0.531. The van der Waals surface area contributed by atoms with Crippen molar-refractivity contribution in [1.82, 2.24) is 19.3 Å². The number of carbonyl (C=O) groups is 1. The number of aryl methyl sites for hydroxylation is 2. The number of halogens is 1. The normalized spacial score (nSPS) is 15.8. The molecule has 1 aliphatic heterocycles. The number of hydrogen-bond donors (Lipinski definition) is 3. The largest absolute Gasteiger partial charge is 0.392 e. The van der Waals surface area contributed by atoms with Crippen LogP contribution in [0.1, 0.15) is 59.3 Å².